The van der Waals surface area contributed by atoms with E-state index < -0.39 is 0 Å². The Kier molecular flexibility index (Phi) is 9.67. The Labute approximate surface area is 211 Å². The Balaban J connectivity index is 1.90. The first-order chi connectivity index (χ1) is 16.9. The summed E-state index contributed by atoms with van der Waals surface area (Å²) in [7, 11) is 0. The molecule has 0 radical (unpaired) electrons. The number of anilines is 1. The number of hydrogen-bond acceptors (Lipinski definition) is 4. The molecule has 188 valence electrons. The van der Waals surface area contributed by atoms with Crippen LogP contribution >= 0.6 is 0 Å². The monoisotopic (exact) mass is 475 g/mol. The lowest BCUT2D eigenvalue weighted by molar-refractivity contribution is 0.0845. The second-order valence-electron chi connectivity index (χ2n) is 9.45. The molecule has 1 aromatic heterocycles. The molecule has 1 aliphatic heterocycles. The van der Waals surface area contributed by atoms with Crippen LogP contribution in [0.4, 0.5) is 5.69 Å². The molecular formula is C30H41N3O2. The standard InChI is InChI=1S/C30H41N3O2/c1-7-11-21(4)27-19-22(5)32-23(6)28(27)20-31-30(34)26-13-10-14-29(25(26)12-8-2)33(9-3)24-15-17-35-18-16-24/h7-8,10,13-14,19,21,24H,1-2,9,11-12,15-18,20H2,3-6H3,(H,31,34). The van der Waals surface area contributed by atoms with Crippen LogP contribution in [0.3, 0.4) is 0 Å². The minimum absolute atomic E-state index is 0.0611. The van der Waals surface area contributed by atoms with E-state index in [1.807, 2.05) is 38.1 Å². The van der Waals surface area contributed by atoms with Gasteiger partial charge in [-0.25, -0.2) is 0 Å². The van der Waals surface area contributed by atoms with Crippen LogP contribution in [0.15, 0.2) is 49.6 Å². The average molecular weight is 476 g/mol. The smallest absolute Gasteiger partial charge is 0.251 e. The van der Waals surface area contributed by atoms with E-state index in [1.54, 1.807) is 0 Å². The molecule has 0 spiro atoms. The number of aryl methyl sites for hydroxylation is 2. The second kappa shape index (κ2) is 12.7. The van der Waals surface area contributed by atoms with E-state index in [9.17, 15) is 4.79 Å². The number of nitrogens with one attached hydrogen (secondary N) is 1. The zero-order valence-electron chi connectivity index (χ0n) is 21.9. The van der Waals surface area contributed by atoms with Crippen LogP contribution in [0.1, 0.15) is 77.5 Å². The molecule has 1 amide bonds. The molecule has 0 bridgehead atoms. The van der Waals surface area contributed by atoms with Crippen LogP contribution < -0.4 is 10.2 Å². The Bertz CT molecular complexity index is 1040. The number of hydrogen-bond donors (Lipinski definition) is 1. The molecule has 2 aromatic rings. The van der Waals surface area contributed by atoms with Crippen molar-refractivity contribution in [3.05, 3.63) is 83.2 Å². The van der Waals surface area contributed by atoms with Crippen molar-refractivity contribution in [1.82, 2.24) is 10.3 Å². The summed E-state index contributed by atoms with van der Waals surface area (Å²) in [6.07, 6.45) is 7.37. The number of carbonyl (C=O) groups is 1. The summed E-state index contributed by atoms with van der Waals surface area (Å²) in [5.41, 5.74) is 7.16. The van der Waals surface area contributed by atoms with Crippen molar-refractivity contribution >= 4 is 11.6 Å². The van der Waals surface area contributed by atoms with Gasteiger partial charge in [-0.2, -0.15) is 0 Å². The topological polar surface area (TPSA) is 54.5 Å². The zero-order chi connectivity index (χ0) is 25.4. The van der Waals surface area contributed by atoms with E-state index in [0.29, 0.717) is 30.5 Å². The van der Waals surface area contributed by atoms with Crippen molar-refractivity contribution in [3.8, 4) is 0 Å². The molecule has 0 saturated carbocycles. The Morgan fingerprint density at radius 2 is 1.97 bits per heavy atom. The lowest BCUT2D eigenvalue weighted by Gasteiger charge is -2.37. The van der Waals surface area contributed by atoms with Crippen LogP contribution in [-0.4, -0.2) is 36.7 Å². The van der Waals surface area contributed by atoms with E-state index in [0.717, 1.165) is 67.2 Å². The quantitative estimate of drug-likeness (QED) is 0.403. The Morgan fingerprint density at radius 3 is 2.63 bits per heavy atom. The molecule has 5 nitrogen and oxygen atoms in total. The van der Waals surface area contributed by atoms with E-state index >= 15 is 0 Å². The largest absolute Gasteiger partial charge is 0.381 e. The van der Waals surface area contributed by atoms with Crippen molar-refractivity contribution in [3.63, 3.8) is 0 Å². The first-order valence-electron chi connectivity index (χ1n) is 12.8. The highest BCUT2D eigenvalue weighted by Gasteiger charge is 2.25. The molecule has 5 heteroatoms. The van der Waals surface area contributed by atoms with Gasteiger partial charge in [-0.3, -0.25) is 9.78 Å². The van der Waals surface area contributed by atoms with Gasteiger partial charge in [0.25, 0.3) is 5.91 Å². The number of ether oxygens (including phenoxy) is 1. The molecule has 0 aliphatic carbocycles. The molecule has 35 heavy (non-hydrogen) atoms. The van der Waals surface area contributed by atoms with Crippen LogP contribution in [0.25, 0.3) is 0 Å². The highest BCUT2D eigenvalue weighted by molar-refractivity contribution is 5.97. The fourth-order valence-electron chi connectivity index (χ4n) is 5.23. The van der Waals surface area contributed by atoms with Crippen molar-refractivity contribution in [2.24, 2.45) is 0 Å². The molecule has 1 aromatic carbocycles. The fraction of sp³-hybridized carbons (Fsp3) is 0.467. The van der Waals surface area contributed by atoms with Gasteiger partial charge in [-0.1, -0.05) is 25.1 Å². The first kappa shape index (κ1) is 26.7. The van der Waals surface area contributed by atoms with Gasteiger partial charge in [0.15, 0.2) is 0 Å². The lowest BCUT2D eigenvalue weighted by atomic mass is 9.92. The Hall–Kier alpha value is -2.92. The van der Waals surface area contributed by atoms with Gasteiger partial charge >= 0.3 is 0 Å². The highest BCUT2D eigenvalue weighted by atomic mass is 16.5. The van der Waals surface area contributed by atoms with Crippen molar-refractivity contribution in [1.29, 1.82) is 0 Å². The predicted molar refractivity (Wildman–Crippen MR) is 145 cm³/mol. The molecule has 1 aliphatic rings. The van der Waals surface area contributed by atoms with Gasteiger partial charge in [0, 0.05) is 55.0 Å². The molecule has 1 saturated heterocycles. The van der Waals surface area contributed by atoms with Gasteiger partial charge in [0.2, 0.25) is 0 Å². The Morgan fingerprint density at radius 1 is 1.23 bits per heavy atom. The third kappa shape index (κ3) is 6.40. The van der Waals surface area contributed by atoms with Crippen LogP contribution in [0, 0.1) is 13.8 Å². The predicted octanol–water partition coefficient (Wildman–Crippen LogP) is 6.04. The number of pyridine rings is 1. The lowest BCUT2D eigenvalue weighted by Crippen LogP contribution is -2.40. The van der Waals surface area contributed by atoms with Crippen LogP contribution in [0.2, 0.25) is 0 Å². The summed E-state index contributed by atoms with van der Waals surface area (Å²) < 4.78 is 5.59. The van der Waals surface area contributed by atoms with Crippen molar-refractivity contribution in [2.45, 2.75) is 71.9 Å². The second-order valence-corrected chi connectivity index (χ2v) is 9.45. The molecular weight excluding hydrogens is 434 g/mol. The van der Waals surface area contributed by atoms with Gasteiger partial charge in [-0.05, 0) is 87.3 Å². The third-order valence-corrected chi connectivity index (χ3v) is 7.00. The maximum atomic E-state index is 13.5. The highest BCUT2D eigenvalue weighted by Crippen LogP contribution is 2.30. The number of rotatable bonds is 11. The summed E-state index contributed by atoms with van der Waals surface area (Å²) in [5.74, 6) is 0.256. The number of allylic oxidation sites excluding steroid dienone is 2. The van der Waals surface area contributed by atoms with Gasteiger partial charge in [0.1, 0.15) is 0 Å². The third-order valence-electron chi connectivity index (χ3n) is 7.00. The molecule has 1 atom stereocenters. The van der Waals surface area contributed by atoms with Crippen LogP contribution in [-0.2, 0) is 17.7 Å². The number of aromatic nitrogens is 1. The summed E-state index contributed by atoms with van der Waals surface area (Å²) in [6, 6.07) is 8.62. The number of nitrogens with zero attached hydrogens (tertiary/aromatic N) is 2. The summed E-state index contributed by atoms with van der Waals surface area (Å²) >= 11 is 0. The summed E-state index contributed by atoms with van der Waals surface area (Å²) in [6.45, 7) is 19.2. The van der Waals surface area contributed by atoms with Crippen molar-refractivity contribution in [2.75, 3.05) is 24.7 Å². The SMILES string of the molecule is C=CCc1c(C(=O)NCc2c(C(C)CC=C)cc(C)nc2C)cccc1N(CC)C1CCOCC1. The van der Waals surface area contributed by atoms with E-state index in [2.05, 4.69) is 54.3 Å². The molecule has 1 N–H and O–H groups in total. The normalized spacial score (nSPS) is 14.9. The molecule has 1 fully saturated rings. The maximum absolute atomic E-state index is 13.5. The van der Waals surface area contributed by atoms with Crippen LogP contribution in [0.5, 0.6) is 0 Å². The fourth-order valence-corrected chi connectivity index (χ4v) is 5.23. The van der Waals surface area contributed by atoms with E-state index in [4.69, 9.17) is 4.74 Å². The molecule has 1 unspecified atom stereocenters. The van der Waals surface area contributed by atoms with E-state index in [-0.39, 0.29) is 5.91 Å². The maximum Gasteiger partial charge on any atom is 0.251 e. The zero-order valence-corrected chi connectivity index (χ0v) is 21.9. The number of benzene rings is 1. The first-order valence-corrected chi connectivity index (χ1v) is 12.8. The molecule has 3 rings (SSSR count). The summed E-state index contributed by atoms with van der Waals surface area (Å²) in [5, 5.41) is 3.20. The number of amides is 1. The van der Waals surface area contributed by atoms with Gasteiger partial charge in [0.05, 0.1) is 0 Å². The van der Waals surface area contributed by atoms with E-state index in [1.165, 1.54) is 5.56 Å². The van der Waals surface area contributed by atoms with Crippen molar-refractivity contribution < 1.29 is 9.53 Å². The average Bonchev–Trinajstić information content (AvgIpc) is 2.85. The molecule has 2 heterocycles. The summed E-state index contributed by atoms with van der Waals surface area (Å²) in [4.78, 5) is 20.6. The minimum Gasteiger partial charge on any atom is -0.381 e. The minimum atomic E-state index is -0.0611. The van der Waals surface area contributed by atoms with Gasteiger partial charge in [-0.15, -0.1) is 13.2 Å². The number of carbonyl (C=O) groups excluding carboxylic acids is 1. The van der Waals surface area contributed by atoms with Gasteiger partial charge < -0.3 is 15.0 Å².